The molecule has 0 amide bonds. The molecule has 0 spiro atoms. The number of aromatic nitrogens is 1. The van der Waals surface area contributed by atoms with Crippen LogP contribution in [0.3, 0.4) is 0 Å². The highest BCUT2D eigenvalue weighted by Gasteiger charge is 2.44. The van der Waals surface area contributed by atoms with Crippen LogP contribution in [-0.4, -0.2) is 35.0 Å². The molecule has 1 aromatic heterocycles. The van der Waals surface area contributed by atoms with Gasteiger partial charge in [0.05, 0.1) is 22.1 Å². The van der Waals surface area contributed by atoms with Gasteiger partial charge in [0, 0.05) is 23.7 Å². The molecule has 2 aromatic carbocycles. The van der Waals surface area contributed by atoms with Crippen molar-refractivity contribution >= 4 is 28.5 Å². The van der Waals surface area contributed by atoms with Crippen molar-refractivity contribution in [3.05, 3.63) is 76.9 Å². The van der Waals surface area contributed by atoms with Gasteiger partial charge in [-0.3, -0.25) is 9.88 Å². The summed E-state index contributed by atoms with van der Waals surface area (Å²) in [6.45, 7) is 4.43. The summed E-state index contributed by atoms with van der Waals surface area (Å²) in [5, 5.41) is 1.46. The Morgan fingerprint density at radius 3 is 2.77 bits per heavy atom. The zero-order valence-electron chi connectivity index (χ0n) is 17.7. The Hall–Kier alpha value is -2.43. The number of para-hydroxylation sites is 1. The number of piperidine rings is 3. The lowest BCUT2D eigenvalue weighted by molar-refractivity contribution is -0.0659. The number of rotatable bonds is 5. The Morgan fingerprint density at radius 2 is 2.00 bits per heavy atom. The minimum atomic E-state index is -0.369. The van der Waals surface area contributed by atoms with Crippen LogP contribution in [0.15, 0.2) is 60.8 Å². The number of fused-ring (bicyclic) bond motifs is 4. The first-order valence-corrected chi connectivity index (χ1v) is 11.6. The minimum absolute atomic E-state index is 0.166. The highest BCUT2D eigenvalue weighted by Crippen LogP contribution is 2.44. The van der Waals surface area contributed by atoms with E-state index in [0.717, 1.165) is 41.9 Å². The third kappa shape index (κ3) is 3.83. The molecule has 5 atom stereocenters. The average molecular weight is 435 g/mol. The van der Waals surface area contributed by atoms with Crippen LogP contribution in [-0.2, 0) is 4.74 Å². The Morgan fingerprint density at radius 1 is 1.19 bits per heavy atom. The van der Waals surface area contributed by atoms with Gasteiger partial charge in [0.25, 0.3) is 0 Å². The fourth-order valence-corrected chi connectivity index (χ4v) is 5.69. The van der Waals surface area contributed by atoms with Gasteiger partial charge in [-0.15, -0.1) is 0 Å². The number of carbonyl (C=O) groups is 1. The summed E-state index contributed by atoms with van der Waals surface area (Å²) >= 11 is 6.31. The van der Waals surface area contributed by atoms with Crippen molar-refractivity contribution in [2.45, 2.75) is 38.3 Å². The maximum absolute atomic E-state index is 13.2. The molecule has 3 saturated heterocycles. The van der Waals surface area contributed by atoms with E-state index in [-0.39, 0.29) is 18.1 Å². The molecule has 0 N–H and O–H groups in total. The van der Waals surface area contributed by atoms with E-state index in [1.54, 1.807) is 12.1 Å². The normalized spacial score (nSPS) is 26.0. The summed E-state index contributed by atoms with van der Waals surface area (Å²) in [5.41, 5.74) is 2.35. The van der Waals surface area contributed by atoms with E-state index in [9.17, 15) is 4.79 Å². The Labute approximate surface area is 188 Å². The van der Waals surface area contributed by atoms with Crippen molar-refractivity contribution in [2.75, 3.05) is 13.1 Å². The summed E-state index contributed by atoms with van der Waals surface area (Å²) in [7, 11) is 0. The first kappa shape index (κ1) is 20.5. The first-order chi connectivity index (χ1) is 15.2. The van der Waals surface area contributed by atoms with E-state index in [2.05, 4.69) is 22.9 Å². The van der Waals surface area contributed by atoms with Crippen molar-refractivity contribution in [2.24, 2.45) is 11.8 Å². The number of pyridine rings is 1. The van der Waals surface area contributed by atoms with Crippen molar-refractivity contribution in [3.63, 3.8) is 0 Å². The third-order valence-electron chi connectivity index (χ3n) is 7.13. The number of halogens is 1. The lowest BCUT2D eigenvalue weighted by Gasteiger charge is -2.51. The van der Waals surface area contributed by atoms with Gasteiger partial charge in [0.2, 0.25) is 0 Å². The monoisotopic (exact) mass is 434 g/mol. The molecule has 0 radical (unpaired) electrons. The van der Waals surface area contributed by atoms with Gasteiger partial charge in [-0.1, -0.05) is 55.3 Å². The largest absolute Gasteiger partial charge is 0.452 e. The number of esters is 1. The van der Waals surface area contributed by atoms with Gasteiger partial charge >= 0.3 is 5.97 Å². The van der Waals surface area contributed by atoms with E-state index in [4.69, 9.17) is 16.3 Å². The zero-order chi connectivity index (χ0) is 21.4. The molecule has 160 valence electrons. The van der Waals surface area contributed by atoms with Crippen LogP contribution in [0, 0.1) is 11.8 Å². The minimum Gasteiger partial charge on any atom is -0.452 e. The maximum Gasteiger partial charge on any atom is 0.340 e. The molecule has 5 heteroatoms. The van der Waals surface area contributed by atoms with E-state index < -0.39 is 0 Å². The standard InChI is InChI=1S/C26H27ClN2O2/c1-2-17-16-29-14-12-18(17)15-24(29)25(31-26(30)21-8-3-5-9-22(21)27)20-11-13-28-23-10-6-4-7-19(20)23/h3-11,13,17-18,24-25H,2,12,14-16H2,1H3. The highest BCUT2D eigenvalue weighted by molar-refractivity contribution is 6.33. The van der Waals surface area contributed by atoms with Gasteiger partial charge in [-0.05, 0) is 55.5 Å². The third-order valence-corrected chi connectivity index (χ3v) is 7.46. The summed E-state index contributed by atoms with van der Waals surface area (Å²) in [5.74, 6) is 1.06. The van der Waals surface area contributed by atoms with E-state index in [1.165, 1.54) is 12.8 Å². The van der Waals surface area contributed by atoms with Gasteiger partial charge in [0.15, 0.2) is 0 Å². The van der Waals surface area contributed by atoms with E-state index in [1.807, 2.05) is 42.6 Å². The summed E-state index contributed by atoms with van der Waals surface area (Å²) in [6, 6.07) is 17.3. The van der Waals surface area contributed by atoms with Gasteiger partial charge in [-0.25, -0.2) is 4.79 Å². The fourth-order valence-electron chi connectivity index (χ4n) is 5.48. The van der Waals surface area contributed by atoms with Gasteiger partial charge in [0.1, 0.15) is 6.10 Å². The van der Waals surface area contributed by atoms with Crippen LogP contribution in [0.2, 0.25) is 5.02 Å². The smallest absolute Gasteiger partial charge is 0.340 e. The Balaban J connectivity index is 1.55. The average Bonchev–Trinajstić information content (AvgIpc) is 2.82. The van der Waals surface area contributed by atoms with Crippen molar-refractivity contribution < 1.29 is 9.53 Å². The lowest BCUT2D eigenvalue weighted by Crippen LogP contribution is -2.55. The SMILES string of the molecule is CCC1CN2CCC1CC2C(OC(=O)c1ccccc1Cl)c1ccnc2ccccc12. The number of ether oxygens (including phenoxy) is 1. The molecule has 5 unspecified atom stereocenters. The molecule has 6 rings (SSSR count). The van der Waals surface area contributed by atoms with Crippen LogP contribution in [0.25, 0.3) is 10.9 Å². The van der Waals surface area contributed by atoms with Crippen LogP contribution < -0.4 is 0 Å². The van der Waals surface area contributed by atoms with Crippen LogP contribution >= 0.6 is 11.6 Å². The molecule has 31 heavy (non-hydrogen) atoms. The molecular formula is C26H27ClN2O2. The number of carbonyl (C=O) groups excluding carboxylic acids is 1. The van der Waals surface area contributed by atoms with Crippen LogP contribution in [0.1, 0.15) is 48.2 Å². The molecule has 4 heterocycles. The quantitative estimate of drug-likeness (QED) is 0.468. The topological polar surface area (TPSA) is 42.4 Å². The second-order valence-corrected chi connectivity index (χ2v) is 9.15. The first-order valence-electron chi connectivity index (χ1n) is 11.2. The number of hydrogen-bond donors (Lipinski definition) is 0. The van der Waals surface area contributed by atoms with E-state index >= 15 is 0 Å². The van der Waals surface area contributed by atoms with Crippen molar-refractivity contribution in [1.82, 2.24) is 9.88 Å². The molecule has 3 fully saturated rings. The molecule has 3 aliphatic heterocycles. The van der Waals surface area contributed by atoms with E-state index in [0.29, 0.717) is 16.5 Å². The fraction of sp³-hybridized carbons (Fsp3) is 0.385. The number of benzene rings is 2. The van der Waals surface area contributed by atoms with Gasteiger partial charge < -0.3 is 4.74 Å². The molecule has 0 saturated carbocycles. The molecule has 2 bridgehead atoms. The number of nitrogens with zero attached hydrogens (tertiary/aromatic N) is 2. The summed E-state index contributed by atoms with van der Waals surface area (Å²) in [6.07, 6.45) is 4.94. The maximum atomic E-state index is 13.2. The second kappa shape index (κ2) is 8.60. The van der Waals surface area contributed by atoms with Crippen LogP contribution in [0.4, 0.5) is 0 Å². The molecule has 3 aliphatic rings. The number of hydrogen-bond acceptors (Lipinski definition) is 4. The molecule has 3 aromatic rings. The molecule has 0 aliphatic carbocycles. The van der Waals surface area contributed by atoms with Gasteiger partial charge in [-0.2, -0.15) is 0 Å². The summed E-state index contributed by atoms with van der Waals surface area (Å²) < 4.78 is 6.28. The van der Waals surface area contributed by atoms with Crippen molar-refractivity contribution in [3.8, 4) is 0 Å². The molecule has 4 nitrogen and oxygen atoms in total. The van der Waals surface area contributed by atoms with Crippen molar-refractivity contribution in [1.29, 1.82) is 0 Å². The predicted molar refractivity (Wildman–Crippen MR) is 123 cm³/mol. The van der Waals surface area contributed by atoms with Crippen LogP contribution in [0.5, 0.6) is 0 Å². The Kier molecular flexibility index (Phi) is 5.68. The zero-order valence-corrected chi connectivity index (χ0v) is 18.5. The molecular weight excluding hydrogens is 408 g/mol. The predicted octanol–water partition coefficient (Wildman–Crippen LogP) is 5.91. The summed E-state index contributed by atoms with van der Waals surface area (Å²) in [4.78, 5) is 20.3. The Bertz CT molecular complexity index is 1100. The lowest BCUT2D eigenvalue weighted by atomic mass is 9.72. The highest BCUT2D eigenvalue weighted by atomic mass is 35.5. The second-order valence-electron chi connectivity index (χ2n) is 8.74.